The molecule has 31 heavy (non-hydrogen) atoms. The number of hydrogen-bond donors (Lipinski definition) is 0. The Bertz CT molecular complexity index is 1250. The molecule has 1 unspecified atom stereocenters. The minimum Gasteiger partial charge on any atom is -0.302 e. The van der Waals surface area contributed by atoms with Gasteiger partial charge >= 0.3 is 0 Å². The van der Waals surface area contributed by atoms with Crippen molar-refractivity contribution in [3.8, 4) is 22.5 Å². The van der Waals surface area contributed by atoms with E-state index in [4.69, 9.17) is 10.1 Å². The van der Waals surface area contributed by atoms with Crippen molar-refractivity contribution in [1.82, 2.24) is 24.6 Å². The lowest BCUT2D eigenvalue weighted by molar-refractivity contribution is 0.292. The zero-order chi connectivity index (χ0) is 21.5. The standard InChI is InChI=1S/C26H29N5/c1-5-23(30(3)4)18-11-12-21-20(16-18)19(13-14-27-21)25-24-10-7-15-31(24)29-26(25)22-9-6-8-17(2)28-22/h6,8-9,11-14,16,23H,5,7,10,15H2,1-4H3. The van der Waals surface area contributed by atoms with Crippen LogP contribution in [0.4, 0.5) is 0 Å². The van der Waals surface area contributed by atoms with Crippen molar-refractivity contribution in [3.63, 3.8) is 0 Å². The molecule has 0 N–H and O–H groups in total. The minimum absolute atomic E-state index is 0.383. The van der Waals surface area contributed by atoms with Crippen molar-refractivity contribution in [2.24, 2.45) is 0 Å². The van der Waals surface area contributed by atoms with Crippen LogP contribution >= 0.6 is 0 Å². The van der Waals surface area contributed by atoms with Crippen molar-refractivity contribution in [2.75, 3.05) is 14.1 Å². The monoisotopic (exact) mass is 411 g/mol. The Kier molecular flexibility index (Phi) is 5.06. The largest absolute Gasteiger partial charge is 0.302 e. The van der Waals surface area contributed by atoms with E-state index in [1.54, 1.807) is 0 Å². The SMILES string of the molecule is CCC(c1ccc2nccc(-c3c(-c4cccc(C)n4)nn4c3CCC4)c2c1)N(C)C. The van der Waals surface area contributed by atoms with Gasteiger partial charge in [0.15, 0.2) is 0 Å². The molecule has 0 amide bonds. The molecule has 0 radical (unpaired) electrons. The molecule has 5 nitrogen and oxygen atoms in total. The highest BCUT2D eigenvalue weighted by atomic mass is 15.3. The van der Waals surface area contributed by atoms with E-state index >= 15 is 0 Å². The highest BCUT2D eigenvalue weighted by molar-refractivity contribution is 5.99. The molecule has 0 saturated heterocycles. The van der Waals surface area contributed by atoms with Gasteiger partial charge in [0.2, 0.25) is 0 Å². The van der Waals surface area contributed by atoms with Gasteiger partial charge in [-0.05, 0) is 81.7 Å². The molecule has 4 heterocycles. The lowest BCUT2D eigenvalue weighted by atomic mass is 9.94. The number of hydrogen-bond acceptors (Lipinski definition) is 4. The van der Waals surface area contributed by atoms with Crippen LogP contribution in [-0.4, -0.2) is 38.7 Å². The van der Waals surface area contributed by atoms with Crippen LogP contribution < -0.4 is 0 Å². The molecule has 5 rings (SSSR count). The van der Waals surface area contributed by atoms with Crippen LogP contribution in [0.25, 0.3) is 33.4 Å². The average molecular weight is 412 g/mol. The molecule has 3 aromatic heterocycles. The number of pyridine rings is 2. The highest BCUT2D eigenvalue weighted by Crippen LogP contribution is 2.40. The molecule has 0 aliphatic carbocycles. The van der Waals surface area contributed by atoms with E-state index in [1.165, 1.54) is 27.8 Å². The van der Waals surface area contributed by atoms with Gasteiger partial charge in [0.25, 0.3) is 0 Å². The molecule has 0 spiro atoms. The van der Waals surface area contributed by atoms with Gasteiger partial charge < -0.3 is 4.90 Å². The normalized spacial score (nSPS) is 14.4. The fourth-order valence-electron chi connectivity index (χ4n) is 4.96. The van der Waals surface area contributed by atoms with Crippen LogP contribution in [0, 0.1) is 6.92 Å². The Morgan fingerprint density at radius 3 is 2.77 bits per heavy atom. The van der Waals surface area contributed by atoms with Gasteiger partial charge in [0.05, 0.1) is 11.2 Å². The van der Waals surface area contributed by atoms with Crippen LogP contribution in [0.1, 0.15) is 42.8 Å². The van der Waals surface area contributed by atoms with Crippen molar-refractivity contribution >= 4 is 10.9 Å². The minimum atomic E-state index is 0.383. The summed E-state index contributed by atoms with van der Waals surface area (Å²) in [6, 6.07) is 15.4. The second-order valence-corrected chi connectivity index (χ2v) is 8.68. The number of benzene rings is 1. The third-order valence-corrected chi connectivity index (χ3v) is 6.40. The summed E-state index contributed by atoms with van der Waals surface area (Å²) >= 11 is 0. The first kappa shape index (κ1) is 19.9. The Hall–Kier alpha value is -3.05. The first-order chi connectivity index (χ1) is 15.1. The van der Waals surface area contributed by atoms with E-state index in [-0.39, 0.29) is 0 Å². The lowest BCUT2D eigenvalue weighted by Gasteiger charge is -2.24. The summed E-state index contributed by atoms with van der Waals surface area (Å²) < 4.78 is 2.18. The highest BCUT2D eigenvalue weighted by Gasteiger charge is 2.26. The van der Waals surface area contributed by atoms with Crippen molar-refractivity contribution in [1.29, 1.82) is 0 Å². The number of fused-ring (bicyclic) bond motifs is 2. The lowest BCUT2D eigenvalue weighted by Crippen LogP contribution is -2.19. The van der Waals surface area contributed by atoms with Gasteiger partial charge in [-0.3, -0.25) is 14.6 Å². The molecule has 0 bridgehead atoms. The molecule has 1 aliphatic heterocycles. The zero-order valence-electron chi connectivity index (χ0n) is 18.8. The van der Waals surface area contributed by atoms with Crippen LogP contribution in [-0.2, 0) is 13.0 Å². The predicted molar refractivity (Wildman–Crippen MR) is 126 cm³/mol. The molecule has 158 valence electrons. The Morgan fingerprint density at radius 2 is 2.00 bits per heavy atom. The zero-order valence-corrected chi connectivity index (χ0v) is 18.8. The molecular formula is C26H29N5. The van der Waals surface area contributed by atoms with E-state index in [0.717, 1.165) is 48.4 Å². The van der Waals surface area contributed by atoms with Gasteiger partial charge in [-0.2, -0.15) is 5.10 Å². The summed E-state index contributed by atoms with van der Waals surface area (Å²) in [6.45, 7) is 5.25. The first-order valence-electron chi connectivity index (χ1n) is 11.2. The van der Waals surface area contributed by atoms with Crippen LogP contribution in [0.5, 0.6) is 0 Å². The van der Waals surface area contributed by atoms with Crippen molar-refractivity contribution < 1.29 is 0 Å². The molecule has 0 saturated carbocycles. The van der Waals surface area contributed by atoms with Gasteiger partial charge in [0, 0.05) is 41.1 Å². The average Bonchev–Trinajstić information content (AvgIpc) is 3.35. The number of rotatable bonds is 5. The summed E-state index contributed by atoms with van der Waals surface area (Å²) in [5, 5.41) is 6.20. The van der Waals surface area contributed by atoms with Crippen LogP contribution in [0.2, 0.25) is 0 Å². The third kappa shape index (κ3) is 3.43. The second-order valence-electron chi connectivity index (χ2n) is 8.68. The molecular weight excluding hydrogens is 382 g/mol. The van der Waals surface area contributed by atoms with Crippen LogP contribution in [0.15, 0.2) is 48.7 Å². The van der Waals surface area contributed by atoms with E-state index in [2.05, 4.69) is 72.0 Å². The summed E-state index contributed by atoms with van der Waals surface area (Å²) in [7, 11) is 4.29. The van der Waals surface area contributed by atoms with E-state index in [1.807, 2.05) is 19.2 Å². The molecule has 5 heteroatoms. The predicted octanol–water partition coefficient (Wildman–Crippen LogP) is 5.43. The second kappa shape index (κ2) is 7.89. The van der Waals surface area contributed by atoms with Crippen molar-refractivity contribution in [2.45, 2.75) is 45.7 Å². The fourth-order valence-corrected chi connectivity index (χ4v) is 4.96. The summed E-state index contributed by atoms with van der Waals surface area (Å²) in [5.74, 6) is 0. The molecule has 1 atom stereocenters. The smallest absolute Gasteiger partial charge is 0.119 e. The van der Waals surface area contributed by atoms with Gasteiger partial charge in [-0.15, -0.1) is 0 Å². The van der Waals surface area contributed by atoms with E-state index < -0.39 is 0 Å². The fraction of sp³-hybridized carbons (Fsp3) is 0.346. The Balaban J connectivity index is 1.76. The summed E-state index contributed by atoms with van der Waals surface area (Å²) in [5.41, 5.74) is 9.03. The molecule has 1 aliphatic rings. The van der Waals surface area contributed by atoms with Gasteiger partial charge in [0.1, 0.15) is 5.69 Å². The quantitative estimate of drug-likeness (QED) is 0.439. The summed E-state index contributed by atoms with van der Waals surface area (Å²) in [6.07, 6.45) is 5.18. The van der Waals surface area contributed by atoms with E-state index in [9.17, 15) is 0 Å². The Labute approximate surface area is 183 Å². The Morgan fingerprint density at radius 1 is 1.13 bits per heavy atom. The molecule has 0 fully saturated rings. The molecule has 1 aromatic carbocycles. The number of aryl methyl sites for hydroxylation is 2. The first-order valence-corrected chi connectivity index (χ1v) is 11.2. The van der Waals surface area contributed by atoms with Crippen molar-refractivity contribution in [3.05, 3.63) is 65.6 Å². The van der Waals surface area contributed by atoms with Gasteiger partial charge in [-0.25, -0.2) is 0 Å². The van der Waals surface area contributed by atoms with E-state index in [0.29, 0.717) is 6.04 Å². The summed E-state index contributed by atoms with van der Waals surface area (Å²) in [4.78, 5) is 11.8. The maximum atomic E-state index is 5.01. The van der Waals surface area contributed by atoms with Crippen LogP contribution in [0.3, 0.4) is 0 Å². The topological polar surface area (TPSA) is 46.8 Å². The maximum Gasteiger partial charge on any atom is 0.119 e. The number of nitrogens with zero attached hydrogens (tertiary/aromatic N) is 5. The maximum absolute atomic E-state index is 5.01. The molecule has 4 aromatic rings. The third-order valence-electron chi connectivity index (χ3n) is 6.40. The number of aromatic nitrogens is 4. The van der Waals surface area contributed by atoms with Gasteiger partial charge in [-0.1, -0.05) is 19.1 Å².